The van der Waals surface area contributed by atoms with Gasteiger partial charge in [0, 0.05) is 0 Å². The van der Waals surface area contributed by atoms with Crippen molar-refractivity contribution >= 4 is 10.8 Å². The Hall–Kier alpha value is -1.30. The average molecular weight is 182 g/mol. The molecule has 0 aromatic heterocycles. The van der Waals surface area contributed by atoms with Gasteiger partial charge in [0.15, 0.2) is 0 Å². The van der Waals surface area contributed by atoms with Crippen LogP contribution in [0.5, 0.6) is 0 Å². The first-order chi connectivity index (χ1) is 6.84. The molecule has 0 saturated heterocycles. The first-order valence-corrected chi connectivity index (χ1v) is 5.36. The highest BCUT2D eigenvalue weighted by molar-refractivity contribution is 5.84. The first kappa shape index (κ1) is 8.05. The second kappa shape index (κ2) is 2.84. The predicted octanol–water partition coefficient (Wildman–Crippen LogP) is 3.89. The molecule has 1 aliphatic rings. The van der Waals surface area contributed by atoms with Crippen LogP contribution >= 0.6 is 0 Å². The van der Waals surface area contributed by atoms with Gasteiger partial charge < -0.3 is 0 Å². The minimum absolute atomic E-state index is 0.759. The molecule has 0 fully saturated rings. The molecule has 0 amide bonds. The van der Waals surface area contributed by atoms with Crippen molar-refractivity contribution in [2.75, 3.05) is 0 Å². The fourth-order valence-corrected chi connectivity index (χ4v) is 2.51. The summed E-state index contributed by atoms with van der Waals surface area (Å²) in [6.07, 6.45) is 2.59. The smallest absolute Gasteiger partial charge is 0.0181 e. The molecule has 0 radical (unpaired) electrons. The molecule has 1 unspecified atom stereocenters. The largest absolute Gasteiger partial charge is 0.0616 e. The molecule has 0 spiro atoms. The maximum Gasteiger partial charge on any atom is -0.0181 e. The zero-order chi connectivity index (χ0) is 9.54. The van der Waals surface area contributed by atoms with Crippen molar-refractivity contribution in [1.29, 1.82) is 0 Å². The Morgan fingerprint density at radius 3 is 2.57 bits per heavy atom. The minimum atomic E-state index is 0.759. The van der Waals surface area contributed by atoms with Crippen LogP contribution in [0.4, 0.5) is 0 Å². The van der Waals surface area contributed by atoms with Crippen molar-refractivity contribution in [3.8, 4) is 0 Å². The third kappa shape index (κ3) is 1.07. The van der Waals surface area contributed by atoms with E-state index in [4.69, 9.17) is 0 Å². The van der Waals surface area contributed by atoms with Gasteiger partial charge in [-0.15, -0.1) is 0 Å². The Balaban J connectivity index is 2.33. The van der Waals surface area contributed by atoms with Gasteiger partial charge in [0.25, 0.3) is 0 Å². The normalized spacial score (nSPS) is 19.9. The number of fused-ring (bicyclic) bond motifs is 2. The van der Waals surface area contributed by atoms with Crippen LogP contribution in [-0.4, -0.2) is 0 Å². The lowest BCUT2D eigenvalue weighted by molar-refractivity contribution is 0.747. The molecule has 0 nitrogen and oxygen atoms in total. The van der Waals surface area contributed by atoms with Crippen molar-refractivity contribution in [3.63, 3.8) is 0 Å². The first-order valence-electron chi connectivity index (χ1n) is 5.36. The van der Waals surface area contributed by atoms with Crippen LogP contribution in [-0.2, 0) is 6.42 Å². The van der Waals surface area contributed by atoms with E-state index in [-0.39, 0.29) is 0 Å². The summed E-state index contributed by atoms with van der Waals surface area (Å²) in [4.78, 5) is 0. The molecule has 0 heterocycles. The van der Waals surface area contributed by atoms with Crippen molar-refractivity contribution in [2.24, 2.45) is 0 Å². The molecule has 2 aromatic rings. The number of rotatable bonds is 0. The van der Waals surface area contributed by atoms with E-state index in [2.05, 4.69) is 43.3 Å². The molecule has 1 atom stereocenters. The zero-order valence-corrected chi connectivity index (χ0v) is 8.46. The third-order valence-corrected chi connectivity index (χ3v) is 3.39. The van der Waals surface area contributed by atoms with Crippen LogP contribution in [0.3, 0.4) is 0 Å². The summed E-state index contributed by atoms with van der Waals surface area (Å²) in [5, 5.41) is 2.78. The summed E-state index contributed by atoms with van der Waals surface area (Å²) in [5.41, 5.74) is 3.14. The number of hydrogen-bond donors (Lipinski definition) is 0. The lowest BCUT2D eigenvalue weighted by atomic mass is 9.99. The van der Waals surface area contributed by atoms with Crippen LogP contribution in [0.2, 0.25) is 0 Å². The molecule has 0 aliphatic heterocycles. The van der Waals surface area contributed by atoms with Gasteiger partial charge in [0.1, 0.15) is 0 Å². The molecule has 2 aromatic carbocycles. The van der Waals surface area contributed by atoms with Gasteiger partial charge in [-0.05, 0) is 40.7 Å². The van der Waals surface area contributed by atoms with E-state index < -0.39 is 0 Å². The summed E-state index contributed by atoms with van der Waals surface area (Å²) in [6, 6.07) is 13.4. The van der Waals surface area contributed by atoms with E-state index in [0.717, 1.165) is 5.92 Å². The molecule has 14 heavy (non-hydrogen) atoms. The number of hydrogen-bond acceptors (Lipinski definition) is 0. The average Bonchev–Trinajstić information content (AvgIpc) is 2.57. The summed E-state index contributed by atoms with van der Waals surface area (Å²) in [6.45, 7) is 2.33. The second-order valence-electron chi connectivity index (χ2n) is 4.34. The molecule has 70 valence electrons. The number of aryl methyl sites for hydroxylation is 1. The van der Waals surface area contributed by atoms with Crippen molar-refractivity contribution in [2.45, 2.75) is 25.7 Å². The standard InChI is InChI=1S/C14H14/c1-10-6-7-13-8-11-4-2-3-5-12(11)9-14(10)13/h2-5,8-10H,6-7H2,1H3. The van der Waals surface area contributed by atoms with E-state index in [9.17, 15) is 0 Å². The topological polar surface area (TPSA) is 0 Å². The zero-order valence-electron chi connectivity index (χ0n) is 8.46. The maximum atomic E-state index is 2.38. The molecule has 0 saturated carbocycles. The molecule has 0 N–H and O–H groups in total. The van der Waals surface area contributed by atoms with E-state index in [0.29, 0.717) is 0 Å². The molecular formula is C14H14. The molecule has 0 heteroatoms. The molecular weight excluding hydrogens is 168 g/mol. The minimum Gasteiger partial charge on any atom is -0.0616 e. The van der Waals surface area contributed by atoms with Gasteiger partial charge in [-0.2, -0.15) is 0 Å². The second-order valence-corrected chi connectivity index (χ2v) is 4.34. The van der Waals surface area contributed by atoms with Crippen molar-refractivity contribution in [1.82, 2.24) is 0 Å². The van der Waals surface area contributed by atoms with Crippen LogP contribution in [0.15, 0.2) is 36.4 Å². The summed E-state index contributed by atoms with van der Waals surface area (Å²) >= 11 is 0. The van der Waals surface area contributed by atoms with Gasteiger partial charge >= 0.3 is 0 Å². The highest BCUT2D eigenvalue weighted by atomic mass is 14.2. The molecule has 0 bridgehead atoms. The van der Waals surface area contributed by atoms with E-state index in [1.807, 2.05) is 0 Å². The molecule has 3 rings (SSSR count). The summed E-state index contributed by atoms with van der Waals surface area (Å²) in [7, 11) is 0. The van der Waals surface area contributed by atoms with Crippen LogP contribution in [0, 0.1) is 0 Å². The van der Waals surface area contributed by atoms with Gasteiger partial charge in [0.2, 0.25) is 0 Å². The molecule has 1 aliphatic carbocycles. The lowest BCUT2D eigenvalue weighted by Crippen LogP contribution is -1.86. The highest BCUT2D eigenvalue weighted by Gasteiger charge is 2.18. The van der Waals surface area contributed by atoms with E-state index in [1.165, 1.54) is 23.6 Å². The van der Waals surface area contributed by atoms with Crippen LogP contribution in [0.1, 0.15) is 30.4 Å². The fraction of sp³-hybridized carbons (Fsp3) is 0.286. The van der Waals surface area contributed by atoms with E-state index in [1.54, 1.807) is 11.1 Å². The summed E-state index contributed by atoms with van der Waals surface area (Å²) < 4.78 is 0. The van der Waals surface area contributed by atoms with E-state index >= 15 is 0 Å². The SMILES string of the molecule is CC1CCc2cc3ccccc3cc21. The van der Waals surface area contributed by atoms with Crippen molar-refractivity contribution < 1.29 is 0 Å². The number of benzene rings is 2. The summed E-state index contributed by atoms with van der Waals surface area (Å²) in [5.74, 6) is 0.759. The fourth-order valence-electron chi connectivity index (χ4n) is 2.51. The van der Waals surface area contributed by atoms with Gasteiger partial charge in [-0.1, -0.05) is 43.3 Å². The van der Waals surface area contributed by atoms with Gasteiger partial charge in [0.05, 0.1) is 0 Å². The predicted molar refractivity (Wildman–Crippen MR) is 60.7 cm³/mol. The Morgan fingerprint density at radius 2 is 1.79 bits per heavy atom. The highest BCUT2D eigenvalue weighted by Crippen LogP contribution is 2.35. The van der Waals surface area contributed by atoms with Gasteiger partial charge in [-0.3, -0.25) is 0 Å². The Kier molecular flexibility index (Phi) is 1.63. The third-order valence-electron chi connectivity index (χ3n) is 3.39. The monoisotopic (exact) mass is 182 g/mol. The maximum absolute atomic E-state index is 2.38. The Morgan fingerprint density at radius 1 is 1.07 bits per heavy atom. The van der Waals surface area contributed by atoms with Gasteiger partial charge in [-0.25, -0.2) is 0 Å². The van der Waals surface area contributed by atoms with Crippen LogP contribution < -0.4 is 0 Å². The van der Waals surface area contributed by atoms with Crippen molar-refractivity contribution in [3.05, 3.63) is 47.5 Å². The Bertz CT molecular complexity index is 482. The quantitative estimate of drug-likeness (QED) is 0.580. The lowest BCUT2D eigenvalue weighted by Gasteiger charge is -2.06. The Labute approximate surface area is 84.6 Å². The van der Waals surface area contributed by atoms with Crippen LogP contribution in [0.25, 0.3) is 10.8 Å².